The fourth-order valence-corrected chi connectivity index (χ4v) is 4.20. The molecular formula is C14H18N2O3S. The van der Waals surface area contributed by atoms with Crippen LogP contribution in [-0.2, 0) is 14.8 Å². The summed E-state index contributed by atoms with van der Waals surface area (Å²) >= 11 is 0. The molecule has 108 valence electrons. The molecule has 0 atom stereocenters. The van der Waals surface area contributed by atoms with Crippen molar-refractivity contribution in [2.45, 2.75) is 25.0 Å². The number of nitrogens with one attached hydrogen (secondary N) is 1. The second-order valence-electron chi connectivity index (χ2n) is 5.61. The van der Waals surface area contributed by atoms with Crippen LogP contribution in [0.15, 0.2) is 24.3 Å². The van der Waals surface area contributed by atoms with Gasteiger partial charge in [-0.1, -0.05) is 17.7 Å². The van der Waals surface area contributed by atoms with Gasteiger partial charge in [-0.3, -0.25) is 4.79 Å². The Kier molecular flexibility index (Phi) is 3.30. The maximum atomic E-state index is 12.0. The summed E-state index contributed by atoms with van der Waals surface area (Å²) in [5, 5.41) is 2.64. The third-order valence-electron chi connectivity index (χ3n) is 3.84. The average molecular weight is 294 g/mol. The van der Waals surface area contributed by atoms with Gasteiger partial charge in [0.1, 0.15) is 0 Å². The Morgan fingerprint density at radius 2 is 1.80 bits per heavy atom. The maximum Gasteiger partial charge on any atom is 0.230 e. The topological polar surface area (TPSA) is 66.5 Å². The van der Waals surface area contributed by atoms with E-state index in [1.165, 1.54) is 4.31 Å². The smallest absolute Gasteiger partial charge is 0.230 e. The van der Waals surface area contributed by atoms with Crippen LogP contribution >= 0.6 is 0 Å². The quantitative estimate of drug-likeness (QED) is 0.911. The molecule has 2 fully saturated rings. The zero-order chi connectivity index (χ0) is 14.3. The van der Waals surface area contributed by atoms with Gasteiger partial charge in [-0.25, -0.2) is 8.42 Å². The Morgan fingerprint density at radius 1 is 1.20 bits per heavy atom. The summed E-state index contributed by atoms with van der Waals surface area (Å²) in [4.78, 5) is 12.0. The standard InChI is InChI=1S/C14H18N2O3S/c1-10-2-4-12(5-3-10)15-14(17)11-8-16(9-11)20(18,19)13-6-7-13/h2-5,11,13H,6-9H2,1H3,(H,15,17). The number of benzene rings is 1. The van der Waals surface area contributed by atoms with Gasteiger partial charge >= 0.3 is 0 Å². The van der Waals surface area contributed by atoms with Crippen LogP contribution in [0.4, 0.5) is 5.69 Å². The van der Waals surface area contributed by atoms with Gasteiger partial charge in [0.05, 0.1) is 11.2 Å². The first kappa shape index (κ1) is 13.6. The number of nitrogens with zero attached hydrogens (tertiary/aromatic N) is 1. The predicted molar refractivity (Wildman–Crippen MR) is 76.8 cm³/mol. The second kappa shape index (κ2) is 4.86. The first-order valence-electron chi connectivity index (χ1n) is 6.83. The summed E-state index contributed by atoms with van der Waals surface area (Å²) in [6.45, 7) is 2.62. The van der Waals surface area contributed by atoms with Crippen molar-refractivity contribution in [3.63, 3.8) is 0 Å². The molecule has 1 aliphatic carbocycles. The molecule has 0 unspecified atom stereocenters. The maximum absolute atomic E-state index is 12.0. The fourth-order valence-electron chi connectivity index (χ4n) is 2.27. The number of anilines is 1. The van der Waals surface area contributed by atoms with Gasteiger partial charge in [0.15, 0.2) is 0 Å². The molecule has 1 heterocycles. The van der Waals surface area contributed by atoms with Crippen LogP contribution in [-0.4, -0.2) is 37.0 Å². The molecular weight excluding hydrogens is 276 g/mol. The molecule has 1 aromatic rings. The van der Waals surface area contributed by atoms with E-state index in [0.717, 1.165) is 24.1 Å². The lowest BCUT2D eigenvalue weighted by molar-refractivity contribution is -0.122. The van der Waals surface area contributed by atoms with Gasteiger partial charge in [-0.05, 0) is 31.9 Å². The van der Waals surface area contributed by atoms with E-state index >= 15 is 0 Å². The zero-order valence-electron chi connectivity index (χ0n) is 11.4. The van der Waals surface area contributed by atoms with Gasteiger partial charge < -0.3 is 5.32 Å². The fraction of sp³-hybridized carbons (Fsp3) is 0.500. The van der Waals surface area contributed by atoms with Gasteiger partial charge in [-0.2, -0.15) is 4.31 Å². The van der Waals surface area contributed by atoms with Crippen molar-refractivity contribution < 1.29 is 13.2 Å². The van der Waals surface area contributed by atoms with Crippen molar-refractivity contribution in [1.82, 2.24) is 4.31 Å². The van der Waals surface area contributed by atoms with Gasteiger partial charge in [0.2, 0.25) is 15.9 Å². The molecule has 2 aliphatic rings. The highest BCUT2D eigenvalue weighted by Crippen LogP contribution is 2.34. The molecule has 3 rings (SSSR count). The first-order chi connectivity index (χ1) is 9.46. The van der Waals surface area contributed by atoms with E-state index in [4.69, 9.17) is 0 Å². The number of hydrogen-bond donors (Lipinski definition) is 1. The number of carbonyl (C=O) groups excluding carboxylic acids is 1. The molecule has 1 saturated carbocycles. The molecule has 1 aliphatic heterocycles. The average Bonchev–Trinajstić information content (AvgIpc) is 3.14. The summed E-state index contributed by atoms with van der Waals surface area (Å²) in [6, 6.07) is 7.57. The lowest BCUT2D eigenvalue weighted by Gasteiger charge is -2.37. The number of hydrogen-bond acceptors (Lipinski definition) is 3. The minimum atomic E-state index is -3.12. The number of carbonyl (C=O) groups is 1. The zero-order valence-corrected chi connectivity index (χ0v) is 12.2. The van der Waals surface area contributed by atoms with Crippen molar-refractivity contribution in [3.8, 4) is 0 Å². The summed E-state index contributed by atoms with van der Waals surface area (Å²) in [7, 11) is -3.12. The SMILES string of the molecule is Cc1ccc(NC(=O)C2CN(S(=O)(=O)C3CC3)C2)cc1. The van der Waals surface area contributed by atoms with E-state index in [1.54, 1.807) is 0 Å². The molecule has 6 heteroatoms. The van der Waals surface area contributed by atoms with Crippen LogP contribution in [0.25, 0.3) is 0 Å². The minimum Gasteiger partial charge on any atom is -0.326 e. The molecule has 0 spiro atoms. The Balaban J connectivity index is 1.54. The van der Waals surface area contributed by atoms with Crippen LogP contribution in [0.5, 0.6) is 0 Å². The molecule has 5 nitrogen and oxygen atoms in total. The van der Waals surface area contributed by atoms with E-state index in [2.05, 4.69) is 5.32 Å². The molecule has 1 saturated heterocycles. The number of aryl methyl sites for hydroxylation is 1. The third-order valence-corrected chi connectivity index (χ3v) is 6.18. The van der Waals surface area contributed by atoms with Crippen LogP contribution < -0.4 is 5.32 Å². The van der Waals surface area contributed by atoms with E-state index in [1.807, 2.05) is 31.2 Å². The van der Waals surface area contributed by atoms with Crippen LogP contribution in [0, 0.1) is 12.8 Å². The summed E-state index contributed by atoms with van der Waals surface area (Å²) in [5.74, 6) is -0.332. The molecule has 1 N–H and O–H groups in total. The lowest BCUT2D eigenvalue weighted by atomic mass is 10.0. The van der Waals surface area contributed by atoms with E-state index < -0.39 is 10.0 Å². The van der Waals surface area contributed by atoms with E-state index in [9.17, 15) is 13.2 Å². The van der Waals surface area contributed by atoms with Crippen LogP contribution in [0.1, 0.15) is 18.4 Å². The highest BCUT2D eigenvalue weighted by Gasteiger charge is 2.46. The van der Waals surface area contributed by atoms with Crippen molar-refractivity contribution in [2.75, 3.05) is 18.4 Å². The monoisotopic (exact) mass is 294 g/mol. The van der Waals surface area contributed by atoms with Crippen LogP contribution in [0.2, 0.25) is 0 Å². The van der Waals surface area contributed by atoms with Crippen LogP contribution in [0.3, 0.4) is 0 Å². The summed E-state index contributed by atoms with van der Waals surface area (Å²) in [6.07, 6.45) is 1.53. The van der Waals surface area contributed by atoms with Crippen molar-refractivity contribution in [1.29, 1.82) is 0 Å². The normalized spacial score (nSPS) is 20.4. The number of sulfonamides is 1. The Morgan fingerprint density at radius 3 is 2.35 bits per heavy atom. The van der Waals surface area contributed by atoms with Gasteiger partial charge in [0, 0.05) is 18.8 Å². The van der Waals surface area contributed by atoms with Crippen molar-refractivity contribution >= 4 is 21.6 Å². The van der Waals surface area contributed by atoms with Crippen molar-refractivity contribution in [2.24, 2.45) is 5.92 Å². The van der Waals surface area contributed by atoms with Crippen molar-refractivity contribution in [3.05, 3.63) is 29.8 Å². The third kappa shape index (κ3) is 2.58. The molecule has 0 radical (unpaired) electrons. The Hall–Kier alpha value is -1.40. The molecule has 0 aromatic heterocycles. The second-order valence-corrected chi connectivity index (χ2v) is 7.83. The number of amides is 1. The Labute approximate surface area is 119 Å². The Bertz CT molecular complexity index is 614. The van der Waals surface area contributed by atoms with E-state index in [-0.39, 0.29) is 17.1 Å². The molecule has 0 bridgehead atoms. The highest BCUT2D eigenvalue weighted by atomic mass is 32.2. The van der Waals surface area contributed by atoms with Gasteiger partial charge in [-0.15, -0.1) is 0 Å². The first-order valence-corrected chi connectivity index (χ1v) is 8.33. The lowest BCUT2D eigenvalue weighted by Crippen LogP contribution is -2.55. The summed E-state index contributed by atoms with van der Waals surface area (Å²) < 4.78 is 25.3. The summed E-state index contributed by atoms with van der Waals surface area (Å²) in [5.41, 5.74) is 1.89. The molecule has 1 aromatic carbocycles. The largest absolute Gasteiger partial charge is 0.326 e. The number of rotatable bonds is 4. The minimum absolute atomic E-state index is 0.101. The predicted octanol–water partition coefficient (Wildman–Crippen LogP) is 1.36. The highest BCUT2D eigenvalue weighted by molar-refractivity contribution is 7.90. The van der Waals surface area contributed by atoms with E-state index in [0.29, 0.717) is 13.1 Å². The van der Waals surface area contributed by atoms with Gasteiger partial charge in [0.25, 0.3) is 0 Å². The molecule has 20 heavy (non-hydrogen) atoms. The molecule has 1 amide bonds.